The maximum atomic E-state index is 13.2. The van der Waals surface area contributed by atoms with Gasteiger partial charge in [0.1, 0.15) is 24.6 Å². The minimum atomic E-state index is -3.94. The first-order chi connectivity index (χ1) is 17.7. The van der Waals surface area contributed by atoms with E-state index in [0.29, 0.717) is 24.0 Å². The number of ether oxygens (including phenoxy) is 3. The summed E-state index contributed by atoms with van der Waals surface area (Å²) >= 11 is 2.88. The summed E-state index contributed by atoms with van der Waals surface area (Å²) in [6.45, 7) is 10.2. The quantitative estimate of drug-likeness (QED) is 0.143. The number of aryl methyl sites for hydroxylation is 2. The van der Waals surface area contributed by atoms with Gasteiger partial charge in [-0.25, -0.2) is 14.4 Å². The zero-order valence-electron chi connectivity index (χ0n) is 21.8. The zero-order valence-corrected chi connectivity index (χ0v) is 22.7. The molecule has 0 saturated carbocycles. The largest absolute Gasteiger partial charge is 0.507 e. The number of benzene rings is 2. The van der Waals surface area contributed by atoms with Gasteiger partial charge in [-0.1, -0.05) is 56.8 Å². The molecule has 0 unspecified atom stereocenters. The molecule has 206 valence electrons. The van der Waals surface area contributed by atoms with Gasteiger partial charge in [0, 0.05) is 12.0 Å². The van der Waals surface area contributed by atoms with Crippen LogP contribution in [0.15, 0.2) is 48.6 Å². The zero-order chi connectivity index (χ0) is 28.7. The molecule has 2 rings (SSSR count). The van der Waals surface area contributed by atoms with Crippen LogP contribution in [-0.2, 0) is 25.6 Å². The van der Waals surface area contributed by atoms with Crippen LogP contribution in [0.1, 0.15) is 70.5 Å². The smallest absolute Gasteiger partial charge is 0.388 e. The second-order valence-electron chi connectivity index (χ2n) is 9.04. The third-order valence-corrected chi connectivity index (χ3v) is 6.26. The number of phenolic OH excluding ortho intramolecular Hbond substituents is 1. The molecule has 38 heavy (non-hydrogen) atoms. The Kier molecular flexibility index (Phi) is 10.5. The Morgan fingerprint density at radius 1 is 1.00 bits per heavy atom. The Bertz CT molecular complexity index is 1200. The van der Waals surface area contributed by atoms with Crippen LogP contribution in [0, 0.1) is 13.8 Å². The summed E-state index contributed by atoms with van der Waals surface area (Å²) in [5.41, 5.74) is 1.08. The molecule has 0 radical (unpaired) electrons. The number of phenols is 1. The molecule has 2 aromatic carbocycles. The van der Waals surface area contributed by atoms with Crippen molar-refractivity contribution < 1.29 is 42.5 Å². The Labute approximate surface area is 226 Å². The van der Waals surface area contributed by atoms with Gasteiger partial charge in [0.25, 0.3) is 0 Å². The van der Waals surface area contributed by atoms with Crippen molar-refractivity contribution in [2.75, 3.05) is 6.61 Å². The van der Waals surface area contributed by atoms with Crippen LogP contribution in [0.4, 0.5) is 8.78 Å². The molecule has 0 saturated heterocycles. The van der Waals surface area contributed by atoms with Crippen molar-refractivity contribution >= 4 is 30.5 Å². The summed E-state index contributed by atoms with van der Waals surface area (Å²) in [5, 5.41) is 6.33. The van der Waals surface area contributed by atoms with E-state index in [-0.39, 0.29) is 35.5 Å². The highest BCUT2D eigenvalue weighted by atomic mass is 32.1. The summed E-state index contributed by atoms with van der Waals surface area (Å²) < 4.78 is 41.6. The van der Waals surface area contributed by atoms with E-state index in [1.807, 2.05) is 6.92 Å². The molecule has 10 heteroatoms. The summed E-state index contributed by atoms with van der Waals surface area (Å²) in [4.78, 5) is 37.4. The molecule has 0 aliphatic rings. The number of carbonyl (C=O) groups excluding carboxylic acids is 3. The van der Waals surface area contributed by atoms with E-state index < -0.39 is 35.4 Å². The molecule has 1 N–H and O–H groups in total. The maximum absolute atomic E-state index is 13.2. The topological polar surface area (TPSA) is 99.1 Å². The average molecular weight is 551 g/mol. The number of esters is 3. The van der Waals surface area contributed by atoms with Gasteiger partial charge >= 0.3 is 23.2 Å². The fourth-order valence-electron chi connectivity index (χ4n) is 3.91. The number of hydrogen-bond donors (Lipinski definition) is 2. The van der Waals surface area contributed by atoms with E-state index in [9.17, 15) is 28.3 Å². The van der Waals surface area contributed by atoms with Gasteiger partial charge in [-0.15, -0.1) is 0 Å². The number of alkyl halides is 2. The number of thiol groups is 1. The Morgan fingerprint density at radius 2 is 1.58 bits per heavy atom. The maximum Gasteiger partial charge on any atom is 0.388 e. The lowest BCUT2D eigenvalue weighted by Gasteiger charge is -2.32. The third kappa shape index (κ3) is 8.05. The van der Waals surface area contributed by atoms with Crippen molar-refractivity contribution in [1.29, 1.82) is 0 Å². The van der Waals surface area contributed by atoms with Crippen LogP contribution in [0.5, 0.6) is 5.75 Å². The van der Waals surface area contributed by atoms with E-state index in [4.69, 9.17) is 9.47 Å². The van der Waals surface area contributed by atoms with Gasteiger partial charge in [-0.2, -0.15) is 8.78 Å². The fraction of sp³-hybridized carbons (Fsp3) is 0.393. The summed E-state index contributed by atoms with van der Waals surface area (Å²) in [5.74, 6) is -3.35. The number of halogens is 2. The van der Waals surface area contributed by atoms with Gasteiger partial charge in [0.2, 0.25) is 0 Å². The first kappa shape index (κ1) is 30.8. The van der Waals surface area contributed by atoms with Crippen LogP contribution in [-0.4, -0.2) is 40.5 Å². The minimum Gasteiger partial charge on any atom is -0.507 e. The van der Waals surface area contributed by atoms with Crippen molar-refractivity contribution in [3.05, 3.63) is 76.4 Å². The summed E-state index contributed by atoms with van der Waals surface area (Å²) in [6.07, 6.45) is 0.711. The van der Waals surface area contributed by atoms with E-state index in [1.54, 1.807) is 45.0 Å². The highest BCUT2D eigenvalue weighted by molar-refractivity contribution is 7.82. The second-order valence-corrected chi connectivity index (χ2v) is 9.60. The molecule has 0 fully saturated rings. The van der Waals surface area contributed by atoms with Crippen LogP contribution < -0.4 is 0 Å². The van der Waals surface area contributed by atoms with E-state index in [2.05, 4.69) is 23.9 Å². The minimum absolute atomic E-state index is 0.0220. The number of aromatic hydroxyl groups is 1. The van der Waals surface area contributed by atoms with Gasteiger partial charge in [0.05, 0.1) is 11.1 Å². The first-order valence-corrected chi connectivity index (χ1v) is 12.4. The van der Waals surface area contributed by atoms with Gasteiger partial charge in [0.15, 0.2) is 0 Å². The molecule has 2 aromatic rings. The standard InChI is InChI=1S/C28H32F2O7S/c1-6-27(7-2,14-18(4)15-36-26(34)28(29,30)38)37-25(33)22-11-9-8-10-21(22)24(32)35-16-20-13-17(3)12-19(5)23(20)31/h8-13,31,38H,4,6-7,14-16H2,1-3,5H3. The lowest BCUT2D eigenvalue weighted by molar-refractivity contribution is -0.159. The molecule has 0 aliphatic heterocycles. The van der Waals surface area contributed by atoms with Crippen LogP contribution >= 0.6 is 12.6 Å². The second kappa shape index (κ2) is 12.9. The molecule has 0 spiro atoms. The predicted molar refractivity (Wildman–Crippen MR) is 141 cm³/mol. The van der Waals surface area contributed by atoms with Gasteiger partial charge in [-0.05, 0) is 56.0 Å². The number of rotatable bonds is 12. The summed E-state index contributed by atoms with van der Waals surface area (Å²) in [7, 11) is 0. The van der Waals surface area contributed by atoms with Gasteiger partial charge in [-0.3, -0.25) is 0 Å². The fourth-order valence-corrected chi connectivity index (χ4v) is 3.98. The number of carbonyl (C=O) groups is 3. The molecule has 7 nitrogen and oxygen atoms in total. The Hall–Kier alpha value is -3.40. The monoisotopic (exact) mass is 550 g/mol. The van der Waals surface area contributed by atoms with Crippen LogP contribution in [0.2, 0.25) is 0 Å². The Balaban J connectivity index is 2.16. The average Bonchev–Trinajstić information content (AvgIpc) is 2.87. The highest BCUT2D eigenvalue weighted by Crippen LogP contribution is 2.31. The highest BCUT2D eigenvalue weighted by Gasteiger charge is 2.37. The molecular weight excluding hydrogens is 518 g/mol. The van der Waals surface area contributed by atoms with E-state index in [0.717, 1.165) is 5.56 Å². The molecule has 0 aromatic heterocycles. The Morgan fingerprint density at radius 3 is 2.13 bits per heavy atom. The van der Waals surface area contributed by atoms with E-state index in [1.165, 1.54) is 12.1 Å². The van der Waals surface area contributed by atoms with Crippen molar-refractivity contribution in [2.45, 2.75) is 64.4 Å². The molecule has 0 aliphatic carbocycles. The van der Waals surface area contributed by atoms with Crippen molar-refractivity contribution in [2.24, 2.45) is 0 Å². The molecule has 0 amide bonds. The van der Waals surface area contributed by atoms with Crippen LogP contribution in [0.3, 0.4) is 0 Å². The number of hydrogen-bond acceptors (Lipinski definition) is 8. The van der Waals surface area contributed by atoms with Crippen molar-refractivity contribution in [1.82, 2.24) is 0 Å². The predicted octanol–water partition coefficient (Wildman–Crippen LogP) is 6.09. The van der Waals surface area contributed by atoms with Crippen molar-refractivity contribution in [3.63, 3.8) is 0 Å². The molecule has 0 bridgehead atoms. The lowest BCUT2D eigenvalue weighted by atomic mass is 9.89. The lowest BCUT2D eigenvalue weighted by Crippen LogP contribution is -2.35. The molecular formula is C28H32F2O7S. The molecule has 0 atom stereocenters. The third-order valence-electron chi connectivity index (χ3n) is 6.07. The van der Waals surface area contributed by atoms with Crippen LogP contribution in [0.25, 0.3) is 0 Å². The van der Waals surface area contributed by atoms with Crippen molar-refractivity contribution in [3.8, 4) is 5.75 Å². The summed E-state index contributed by atoms with van der Waals surface area (Å²) in [6, 6.07) is 9.49. The SMILES string of the molecule is C=C(COC(=O)C(F)(F)S)CC(CC)(CC)OC(=O)c1ccccc1C(=O)OCc1cc(C)cc(C)c1O. The van der Waals surface area contributed by atoms with Gasteiger partial charge < -0.3 is 19.3 Å². The van der Waals surface area contributed by atoms with E-state index >= 15 is 0 Å². The first-order valence-electron chi connectivity index (χ1n) is 12.0. The molecule has 0 heterocycles. The normalized spacial score (nSPS) is 11.6.